The molecule has 0 aliphatic heterocycles. The fourth-order valence-corrected chi connectivity index (χ4v) is 6.51. The lowest BCUT2D eigenvalue weighted by Gasteiger charge is -2.30. The average Bonchev–Trinajstić information content (AvgIpc) is 3.39. The zero-order valence-electron chi connectivity index (χ0n) is 44.6. The zero-order chi connectivity index (χ0) is 55.0. The number of aliphatic hydroxyl groups is 1. The van der Waals surface area contributed by atoms with Crippen LogP contribution in [0.1, 0.15) is 116 Å². The Morgan fingerprint density at radius 3 is 1.83 bits per heavy atom. The molecule has 25 heteroatoms. The van der Waals surface area contributed by atoms with E-state index in [9.17, 15) is 43.8 Å². The number of nitrogens with two attached hydrogens (primary N) is 1. The molecule has 2 aromatic heterocycles. The predicted molar refractivity (Wildman–Crippen MR) is 294 cm³/mol. The van der Waals surface area contributed by atoms with Crippen LogP contribution in [0, 0.1) is 5.41 Å². The Morgan fingerprint density at radius 2 is 1.30 bits per heavy atom. The molecule has 0 bridgehead atoms. The van der Waals surface area contributed by atoms with Gasteiger partial charge in [0.25, 0.3) is 11.5 Å². The van der Waals surface area contributed by atoms with Crippen molar-refractivity contribution < 1.29 is 67.4 Å². The summed E-state index contributed by atoms with van der Waals surface area (Å²) in [6.45, 7) is 14.9. The third-order valence-electron chi connectivity index (χ3n) is 10.1. The summed E-state index contributed by atoms with van der Waals surface area (Å²) in [4.78, 5) is 100. The molecule has 0 aliphatic carbocycles. The number of aromatic amines is 1. The van der Waals surface area contributed by atoms with Gasteiger partial charge in [-0.2, -0.15) is 18.5 Å². The highest BCUT2D eigenvalue weighted by Crippen LogP contribution is 2.24. The van der Waals surface area contributed by atoms with Crippen molar-refractivity contribution in [3.63, 3.8) is 0 Å². The van der Waals surface area contributed by atoms with Crippen LogP contribution in [0.4, 0.5) is 11.6 Å². The number of carbonyl (C=O) groups is 6. The number of Topliss-reactive ketones (excluding diaryl/α,β-unsaturated/α-hetero) is 2. The first-order chi connectivity index (χ1) is 35.7. The van der Waals surface area contributed by atoms with Crippen LogP contribution in [0.25, 0.3) is 11.2 Å². The molecule has 0 saturated carbocycles. The maximum atomic E-state index is 12.8. The van der Waals surface area contributed by atoms with E-state index < -0.39 is 35.5 Å². The summed E-state index contributed by atoms with van der Waals surface area (Å²) in [5.74, 6) is -2.80. The SMILES string of the molecule is C.CC.CC.CCCOCCOCCNC(=O)CCOCC(CO)(COCCC(=O)NCCOCCOCCCC(=O)CC[C@H](NC(=O)c1ccc(NCc2cnc3nc(N)[nH]c(=O)c3n2)cc1)C(=O)O)CC(C)=O.S. The molecular weight excluding hydrogens is 1010 g/mol. The molecule has 9 N–H and O–H groups in total. The van der Waals surface area contributed by atoms with Gasteiger partial charge in [0.05, 0.1) is 91.1 Å². The van der Waals surface area contributed by atoms with Crippen molar-refractivity contribution in [2.24, 2.45) is 5.41 Å². The highest BCUT2D eigenvalue weighted by atomic mass is 32.1. The minimum atomic E-state index is -1.28. The number of aliphatic hydroxyl groups excluding tert-OH is 1. The number of fused-ring (bicyclic) bond motifs is 1. The average molecular weight is 1100 g/mol. The summed E-state index contributed by atoms with van der Waals surface area (Å²) in [5.41, 5.74) is 5.45. The number of hydrogen-bond acceptors (Lipinski definition) is 19. The molecule has 1 unspecified atom stereocenters. The normalized spacial score (nSPS) is 11.7. The fourth-order valence-electron chi connectivity index (χ4n) is 6.51. The minimum absolute atomic E-state index is 0. The van der Waals surface area contributed by atoms with Crippen molar-refractivity contribution in [1.82, 2.24) is 35.9 Å². The monoisotopic (exact) mass is 1100 g/mol. The molecule has 432 valence electrons. The van der Waals surface area contributed by atoms with Gasteiger partial charge in [-0.25, -0.2) is 14.8 Å². The number of nitrogen functional groups attached to an aromatic ring is 1. The summed E-state index contributed by atoms with van der Waals surface area (Å²) in [7, 11) is 0. The number of amides is 3. The number of benzene rings is 1. The number of aliphatic carboxylic acids is 1. The van der Waals surface area contributed by atoms with Gasteiger partial charge in [0.15, 0.2) is 11.2 Å². The van der Waals surface area contributed by atoms with E-state index in [1.54, 1.807) is 12.1 Å². The van der Waals surface area contributed by atoms with Gasteiger partial charge in [-0.05, 0) is 50.5 Å². The molecule has 3 aromatic rings. The number of carboxylic acid groups (broad SMARTS) is 1. The lowest BCUT2D eigenvalue weighted by molar-refractivity contribution is -0.139. The third-order valence-corrected chi connectivity index (χ3v) is 10.1. The Labute approximate surface area is 453 Å². The first-order valence-corrected chi connectivity index (χ1v) is 25.2. The van der Waals surface area contributed by atoms with Crippen LogP contribution >= 0.6 is 13.5 Å². The van der Waals surface area contributed by atoms with E-state index in [0.29, 0.717) is 50.8 Å². The maximum Gasteiger partial charge on any atom is 0.326 e. The maximum absolute atomic E-state index is 12.8. The Hall–Kier alpha value is -5.67. The Kier molecular flexibility index (Phi) is 42.4. The van der Waals surface area contributed by atoms with Crippen LogP contribution in [0.5, 0.6) is 0 Å². The second kappa shape index (κ2) is 44.5. The lowest BCUT2D eigenvalue weighted by Crippen LogP contribution is -2.41. The van der Waals surface area contributed by atoms with E-state index in [2.05, 4.69) is 41.2 Å². The standard InChI is InChI=1S/C46H69N9O15.2C2H6.CH4.H2S/c1-3-16-65-22-24-67-20-14-48-38(59)12-18-69-30-46(29-56,26-32(2)57)31-70-19-13-39(60)49-15-21-68-25-23-66-17-4-5-36(58)10-11-37(44(63)64)53-42(61)33-6-8-34(9-7-33)50-27-35-28-51-41-40(52-35)43(62)55-45(47)54-41;2*1-2;;/h6-9,28,37,50,56H,3-5,10-27,29-31H2,1-2H3,(H,48,59)(H,49,60)(H,53,61)(H,63,64)(H3,47,51,54,55,62);2*1-2H3;1H4;1H2/t37-,46?;;;;/m0..../s1. The van der Waals surface area contributed by atoms with E-state index in [1.165, 1.54) is 25.3 Å². The van der Waals surface area contributed by atoms with Crippen molar-refractivity contribution >= 4 is 71.6 Å². The molecule has 0 fully saturated rings. The molecule has 0 spiro atoms. The van der Waals surface area contributed by atoms with Crippen molar-refractivity contribution in [1.29, 1.82) is 0 Å². The molecule has 0 radical (unpaired) electrons. The van der Waals surface area contributed by atoms with Crippen LogP contribution < -0.4 is 32.6 Å². The molecule has 3 rings (SSSR count). The van der Waals surface area contributed by atoms with E-state index in [0.717, 1.165) is 6.42 Å². The number of anilines is 2. The molecule has 1 aromatic carbocycles. The number of rotatable bonds is 40. The largest absolute Gasteiger partial charge is 0.480 e. The quantitative estimate of drug-likeness (QED) is 0.0378. The van der Waals surface area contributed by atoms with Gasteiger partial charge in [-0.3, -0.25) is 29.0 Å². The van der Waals surface area contributed by atoms with Crippen LogP contribution in [-0.2, 0) is 58.9 Å². The van der Waals surface area contributed by atoms with Crippen LogP contribution in [0.3, 0.4) is 0 Å². The van der Waals surface area contributed by atoms with Gasteiger partial charge in [0, 0.05) is 75.1 Å². The number of H-pyrrole nitrogens is 1. The highest BCUT2D eigenvalue weighted by Gasteiger charge is 2.32. The second-order valence-electron chi connectivity index (χ2n) is 16.3. The summed E-state index contributed by atoms with van der Waals surface area (Å²) < 4.78 is 33.0. The predicted octanol–water partition coefficient (Wildman–Crippen LogP) is 3.50. The minimum Gasteiger partial charge on any atom is -0.480 e. The van der Waals surface area contributed by atoms with E-state index >= 15 is 0 Å². The lowest BCUT2D eigenvalue weighted by atomic mass is 9.85. The van der Waals surface area contributed by atoms with Crippen LogP contribution in [0.2, 0.25) is 0 Å². The first-order valence-electron chi connectivity index (χ1n) is 25.2. The molecule has 3 amide bonds. The van der Waals surface area contributed by atoms with Gasteiger partial charge in [0.2, 0.25) is 17.8 Å². The summed E-state index contributed by atoms with van der Waals surface area (Å²) in [5, 5.41) is 30.9. The van der Waals surface area contributed by atoms with Gasteiger partial charge < -0.3 is 70.4 Å². The molecule has 2 atom stereocenters. The summed E-state index contributed by atoms with van der Waals surface area (Å²) in [6, 6.07) is 4.99. The van der Waals surface area contributed by atoms with E-state index in [-0.39, 0.29) is 171 Å². The Bertz CT molecular complexity index is 2150. The molecule has 2 heterocycles. The summed E-state index contributed by atoms with van der Waals surface area (Å²) in [6.07, 6.45) is 2.94. The third kappa shape index (κ3) is 32.0. The molecule has 76 heavy (non-hydrogen) atoms. The number of ether oxygens (including phenoxy) is 6. The Balaban J connectivity index is 0. The number of carboxylic acids is 1. The fraction of sp³-hybridized carbons (Fsp3) is 0.647. The van der Waals surface area contributed by atoms with Crippen molar-refractivity contribution in [3.8, 4) is 0 Å². The molecule has 24 nitrogen and oxygen atoms in total. The van der Waals surface area contributed by atoms with Crippen LogP contribution in [0.15, 0.2) is 35.3 Å². The smallest absolute Gasteiger partial charge is 0.326 e. The van der Waals surface area contributed by atoms with Gasteiger partial charge in [-0.1, -0.05) is 42.0 Å². The van der Waals surface area contributed by atoms with Gasteiger partial charge >= 0.3 is 5.97 Å². The van der Waals surface area contributed by atoms with E-state index in [4.69, 9.17) is 34.2 Å². The second-order valence-corrected chi connectivity index (χ2v) is 16.3. The molecular formula is C51H87N9O15S. The number of nitrogens with one attached hydrogen (secondary N) is 5. The molecule has 0 aliphatic rings. The molecule has 0 saturated heterocycles. The van der Waals surface area contributed by atoms with Crippen LogP contribution in [-0.4, -0.2) is 170 Å². The number of hydrogen-bond donors (Lipinski definition) is 8. The number of aromatic nitrogens is 4. The number of carbonyl (C=O) groups excluding carboxylic acids is 5. The number of nitrogens with zero attached hydrogens (tertiary/aromatic N) is 3. The number of ketones is 2. The van der Waals surface area contributed by atoms with Gasteiger partial charge in [-0.15, -0.1) is 0 Å². The zero-order valence-corrected chi connectivity index (χ0v) is 45.6. The van der Waals surface area contributed by atoms with Crippen molar-refractivity contribution in [2.75, 3.05) is 110 Å². The van der Waals surface area contributed by atoms with Crippen molar-refractivity contribution in [2.45, 2.75) is 113 Å². The Morgan fingerprint density at radius 1 is 0.750 bits per heavy atom. The topological polar surface area (TPSA) is 344 Å². The first kappa shape index (κ1) is 72.4. The van der Waals surface area contributed by atoms with E-state index in [1.807, 2.05) is 34.6 Å². The van der Waals surface area contributed by atoms with Crippen molar-refractivity contribution in [3.05, 3.63) is 52.1 Å². The summed E-state index contributed by atoms with van der Waals surface area (Å²) >= 11 is 0. The highest BCUT2D eigenvalue weighted by molar-refractivity contribution is 7.59. The van der Waals surface area contributed by atoms with Gasteiger partial charge in [0.1, 0.15) is 17.6 Å².